The Balaban J connectivity index is 1.90. The molecule has 0 saturated carbocycles. The van der Waals surface area contributed by atoms with Gasteiger partial charge in [-0.3, -0.25) is 4.79 Å². The Morgan fingerprint density at radius 2 is 1.96 bits per heavy atom. The van der Waals surface area contributed by atoms with E-state index in [4.69, 9.17) is 21.4 Å². The lowest BCUT2D eigenvalue weighted by atomic mass is 10.1. The quantitative estimate of drug-likeness (QED) is 0.527. The monoisotopic (exact) mass is 438 g/mol. The van der Waals surface area contributed by atoms with Crippen molar-refractivity contribution in [1.82, 2.24) is 5.43 Å². The molecule has 8 heteroatoms. The highest BCUT2D eigenvalue weighted by Crippen LogP contribution is 2.35. The minimum absolute atomic E-state index is 0.179. The molecule has 26 heavy (non-hydrogen) atoms. The molecule has 0 saturated heterocycles. The van der Waals surface area contributed by atoms with Crippen LogP contribution in [0.15, 0.2) is 39.9 Å². The normalized spacial score (nSPS) is 10.8. The summed E-state index contributed by atoms with van der Waals surface area (Å²) in [7, 11) is 0. The second-order valence-corrected chi connectivity index (χ2v) is 6.62. The van der Waals surface area contributed by atoms with Crippen LogP contribution in [0.3, 0.4) is 0 Å². The summed E-state index contributed by atoms with van der Waals surface area (Å²) >= 11 is 9.56. The van der Waals surface area contributed by atoms with Crippen molar-refractivity contribution in [2.45, 2.75) is 13.8 Å². The van der Waals surface area contributed by atoms with E-state index in [9.17, 15) is 9.59 Å². The summed E-state index contributed by atoms with van der Waals surface area (Å²) in [6, 6.07) is 7.84. The third-order valence-corrected chi connectivity index (χ3v) is 5.05. The fourth-order valence-corrected chi connectivity index (χ4v) is 2.76. The van der Waals surface area contributed by atoms with Crippen LogP contribution in [0, 0.1) is 13.8 Å². The van der Waals surface area contributed by atoms with Crippen LogP contribution in [-0.2, 0) is 4.79 Å². The number of hydrazone groups is 1. The van der Waals surface area contributed by atoms with Gasteiger partial charge in [0, 0.05) is 5.02 Å². The first kappa shape index (κ1) is 19.9. The number of halogens is 2. The van der Waals surface area contributed by atoms with Crippen LogP contribution in [0.5, 0.6) is 5.75 Å². The number of aromatic carboxylic acids is 1. The van der Waals surface area contributed by atoms with E-state index in [2.05, 4.69) is 26.5 Å². The lowest BCUT2D eigenvalue weighted by Crippen LogP contribution is -2.24. The molecule has 0 atom stereocenters. The molecule has 2 rings (SSSR count). The van der Waals surface area contributed by atoms with Gasteiger partial charge in [-0.1, -0.05) is 23.7 Å². The highest BCUT2D eigenvalue weighted by molar-refractivity contribution is 9.10. The Bertz CT molecular complexity index is 866. The molecule has 0 aliphatic heterocycles. The summed E-state index contributed by atoms with van der Waals surface area (Å²) in [5.74, 6) is -0.911. The first-order valence-corrected chi connectivity index (χ1v) is 8.70. The van der Waals surface area contributed by atoms with Crippen molar-refractivity contribution in [2.24, 2.45) is 5.10 Å². The molecule has 1 amide bonds. The smallest absolute Gasteiger partial charge is 0.335 e. The molecule has 0 bridgehead atoms. The zero-order chi connectivity index (χ0) is 19.3. The van der Waals surface area contributed by atoms with E-state index in [-0.39, 0.29) is 12.2 Å². The largest absolute Gasteiger partial charge is 0.483 e. The van der Waals surface area contributed by atoms with Crippen LogP contribution in [0.25, 0.3) is 0 Å². The maximum absolute atomic E-state index is 11.8. The van der Waals surface area contributed by atoms with Crippen molar-refractivity contribution in [3.63, 3.8) is 0 Å². The van der Waals surface area contributed by atoms with Gasteiger partial charge in [0.1, 0.15) is 5.75 Å². The highest BCUT2D eigenvalue weighted by Gasteiger charge is 2.12. The fraction of sp³-hybridized carbons (Fsp3) is 0.167. The zero-order valence-electron chi connectivity index (χ0n) is 14.0. The van der Waals surface area contributed by atoms with Gasteiger partial charge in [0.15, 0.2) is 6.61 Å². The van der Waals surface area contributed by atoms with E-state index in [1.54, 1.807) is 18.2 Å². The molecule has 0 aromatic heterocycles. The van der Waals surface area contributed by atoms with Gasteiger partial charge in [-0.15, -0.1) is 0 Å². The van der Waals surface area contributed by atoms with Crippen LogP contribution >= 0.6 is 27.5 Å². The van der Waals surface area contributed by atoms with Crippen molar-refractivity contribution in [2.75, 3.05) is 6.61 Å². The number of nitrogens with one attached hydrogen (secondary N) is 1. The number of nitrogens with zero attached hydrogens (tertiary/aromatic N) is 1. The molecule has 2 aromatic carbocycles. The lowest BCUT2D eigenvalue weighted by molar-refractivity contribution is -0.123. The molecule has 2 N–H and O–H groups in total. The fourth-order valence-electron chi connectivity index (χ4n) is 2.07. The average molecular weight is 440 g/mol. The summed E-state index contributed by atoms with van der Waals surface area (Å²) in [6.07, 6.45) is 1.41. The van der Waals surface area contributed by atoms with Gasteiger partial charge in [0.05, 0.1) is 16.3 Å². The third kappa shape index (κ3) is 5.06. The van der Waals surface area contributed by atoms with Crippen molar-refractivity contribution >= 4 is 45.6 Å². The van der Waals surface area contributed by atoms with Crippen molar-refractivity contribution in [3.05, 3.63) is 62.1 Å². The molecule has 0 fully saturated rings. The van der Waals surface area contributed by atoms with Crippen LogP contribution in [0.2, 0.25) is 5.02 Å². The molecular weight excluding hydrogens is 424 g/mol. The van der Waals surface area contributed by atoms with E-state index in [1.807, 2.05) is 13.8 Å². The molecule has 0 unspecified atom stereocenters. The number of ether oxygens (including phenoxy) is 1. The van der Waals surface area contributed by atoms with E-state index >= 15 is 0 Å². The number of hydrogen-bond donors (Lipinski definition) is 2. The standard InChI is InChI=1S/C18H16BrClN2O4/c1-10-7-14(16(19)11(2)17(10)20)26-9-15(23)22-21-8-12-3-5-13(6-4-12)18(24)25/h3-8H,9H2,1-2H3,(H,22,23)(H,24,25)/b21-8+. The number of hydrogen-bond acceptors (Lipinski definition) is 4. The summed E-state index contributed by atoms with van der Waals surface area (Å²) in [5.41, 5.74) is 4.87. The highest BCUT2D eigenvalue weighted by atomic mass is 79.9. The number of aryl methyl sites for hydroxylation is 1. The first-order valence-electron chi connectivity index (χ1n) is 7.53. The van der Waals surface area contributed by atoms with Crippen LogP contribution < -0.4 is 10.2 Å². The summed E-state index contributed by atoms with van der Waals surface area (Å²) in [4.78, 5) is 22.6. The molecule has 6 nitrogen and oxygen atoms in total. The minimum atomic E-state index is -1.00. The predicted molar refractivity (Wildman–Crippen MR) is 103 cm³/mol. The Kier molecular flexibility index (Phi) is 6.76. The number of carbonyl (C=O) groups is 2. The van der Waals surface area contributed by atoms with Crippen LogP contribution in [0.1, 0.15) is 27.0 Å². The van der Waals surface area contributed by atoms with Gasteiger partial charge < -0.3 is 9.84 Å². The topological polar surface area (TPSA) is 88.0 Å². The zero-order valence-corrected chi connectivity index (χ0v) is 16.4. The van der Waals surface area contributed by atoms with Crippen LogP contribution in [-0.4, -0.2) is 29.8 Å². The van der Waals surface area contributed by atoms with E-state index in [0.29, 0.717) is 20.8 Å². The Labute approximate surface area is 163 Å². The Morgan fingerprint density at radius 1 is 1.31 bits per heavy atom. The Morgan fingerprint density at radius 3 is 2.58 bits per heavy atom. The SMILES string of the molecule is Cc1cc(OCC(=O)N/N=C/c2ccc(C(=O)O)cc2)c(Br)c(C)c1Cl. The van der Waals surface area contributed by atoms with E-state index < -0.39 is 11.9 Å². The molecule has 0 aliphatic carbocycles. The first-order chi connectivity index (χ1) is 12.3. The third-order valence-electron chi connectivity index (χ3n) is 3.49. The van der Waals surface area contributed by atoms with Gasteiger partial charge in [-0.25, -0.2) is 10.2 Å². The average Bonchev–Trinajstić information content (AvgIpc) is 2.62. The summed E-state index contributed by atoms with van der Waals surface area (Å²) in [5, 5.41) is 13.3. The number of benzene rings is 2. The van der Waals surface area contributed by atoms with E-state index in [0.717, 1.165) is 11.1 Å². The maximum atomic E-state index is 11.8. The van der Waals surface area contributed by atoms with E-state index in [1.165, 1.54) is 18.3 Å². The molecule has 0 aliphatic rings. The summed E-state index contributed by atoms with van der Waals surface area (Å²) < 4.78 is 6.20. The second kappa shape index (κ2) is 8.82. The van der Waals surface area contributed by atoms with Crippen molar-refractivity contribution < 1.29 is 19.4 Å². The lowest BCUT2D eigenvalue weighted by Gasteiger charge is -2.12. The van der Waals surface area contributed by atoms with Gasteiger partial charge in [0.25, 0.3) is 5.91 Å². The maximum Gasteiger partial charge on any atom is 0.335 e. The summed E-state index contributed by atoms with van der Waals surface area (Å²) in [6.45, 7) is 3.50. The number of rotatable bonds is 6. The van der Waals surface area contributed by atoms with Gasteiger partial charge in [-0.2, -0.15) is 5.10 Å². The molecule has 0 heterocycles. The molecular formula is C18H16BrClN2O4. The van der Waals surface area contributed by atoms with Gasteiger partial charge >= 0.3 is 5.97 Å². The van der Waals surface area contributed by atoms with Crippen molar-refractivity contribution in [1.29, 1.82) is 0 Å². The molecule has 2 aromatic rings. The number of carboxylic acids is 1. The molecule has 0 radical (unpaired) electrons. The minimum Gasteiger partial charge on any atom is -0.483 e. The molecule has 136 valence electrons. The van der Waals surface area contributed by atoms with Crippen molar-refractivity contribution in [3.8, 4) is 5.75 Å². The second-order valence-electron chi connectivity index (χ2n) is 5.45. The number of carboxylic acid groups (broad SMARTS) is 1. The number of amides is 1. The molecule has 0 spiro atoms. The Hall–Kier alpha value is -2.38. The van der Waals surface area contributed by atoms with Crippen LogP contribution in [0.4, 0.5) is 0 Å². The van der Waals surface area contributed by atoms with Gasteiger partial charge in [-0.05, 0) is 64.7 Å². The number of carbonyl (C=O) groups excluding carboxylic acids is 1. The predicted octanol–water partition coefficient (Wildman–Crippen LogP) is 3.95. The van der Waals surface area contributed by atoms with Gasteiger partial charge in [0.2, 0.25) is 0 Å².